The van der Waals surface area contributed by atoms with Gasteiger partial charge >= 0.3 is 0 Å². The second-order valence-electron chi connectivity index (χ2n) is 1.38. The van der Waals surface area contributed by atoms with Crippen LogP contribution < -0.4 is 0 Å². The van der Waals surface area contributed by atoms with Gasteiger partial charge in [-0.2, -0.15) is 10.4 Å². The van der Waals surface area contributed by atoms with Crippen LogP contribution in [0.3, 0.4) is 0 Å². The van der Waals surface area contributed by atoms with Gasteiger partial charge in [0.15, 0.2) is 0 Å². The van der Waals surface area contributed by atoms with Crippen LogP contribution in [-0.2, 0) is 0 Å². The van der Waals surface area contributed by atoms with Gasteiger partial charge in [0.25, 0.3) is 0 Å². The topological polar surface area (TPSA) is 49.6 Å². The number of halogens is 1. The molecule has 0 unspecified atom stereocenters. The van der Waals surface area contributed by atoms with Gasteiger partial charge in [0, 0.05) is 0 Å². The van der Waals surface area contributed by atoms with Crippen LogP contribution >= 0.6 is 22.6 Å². The van der Waals surface area contributed by atoms with Gasteiger partial charge in [-0.25, -0.2) is 0 Å². The van der Waals surface area contributed by atoms with Crippen LogP contribution in [0.5, 0.6) is 0 Å². The Hall–Kier alpha value is -0.700. The Labute approximate surface area is 65.9 Å². The molecule has 44 valence electrons. The van der Waals surface area contributed by atoms with Gasteiger partial charge in [0.2, 0.25) is 0 Å². The molecule has 0 bridgehead atoms. The molecule has 0 saturated heterocycles. The average molecular weight is 231 g/mol. The fourth-order valence-corrected chi connectivity index (χ4v) is 0.862. The number of nitrogens with zero attached hydrogens (tertiary/aromatic N) is 3. The summed E-state index contributed by atoms with van der Waals surface area (Å²) in [6.45, 7) is 0. The van der Waals surface area contributed by atoms with Crippen molar-refractivity contribution in [1.29, 1.82) is 5.26 Å². The highest BCUT2D eigenvalue weighted by atomic mass is 127. The maximum Gasteiger partial charge on any atom is 0.125 e. The standard InChI is InChI=1S/C5H2IN3/c6-5-1-4(2-7)3-8-9-5/h1,3H. The van der Waals surface area contributed by atoms with E-state index < -0.39 is 0 Å². The smallest absolute Gasteiger partial charge is 0.125 e. The van der Waals surface area contributed by atoms with Gasteiger partial charge in [-0.1, -0.05) is 0 Å². The number of nitriles is 1. The van der Waals surface area contributed by atoms with E-state index in [9.17, 15) is 0 Å². The lowest BCUT2D eigenvalue weighted by Gasteiger charge is -1.84. The molecular weight excluding hydrogens is 229 g/mol. The highest BCUT2D eigenvalue weighted by molar-refractivity contribution is 14.1. The van der Waals surface area contributed by atoms with Crippen LogP contribution in [0.15, 0.2) is 12.3 Å². The monoisotopic (exact) mass is 231 g/mol. The molecule has 1 rings (SSSR count). The molecular formula is C5H2IN3. The molecule has 0 saturated carbocycles. The average Bonchev–Trinajstić information content (AvgIpc) is 1.88. The molecule has 0 aliphatic rings. The highest BCUT2D eigenvalue weighted by Gasteiger charge is 1.90. The second-order valence-corrected chi connectivity index (χ2v) is 2.48. The number of rotatable bonds is 0. The minimum absolute atomic E-state index is 0.550. The Balaban J connectivity index is 3.12. The van der Waals surface area contributed by atoms with Crippen molar-refractivity contribution in [2.75, 3.05) is 0 Å². The van der Waals surface area contributed by atoms with Crippen LogP contribution in [0.1, 0.15) is 5.56 Å². The van der Waals surface area contributed by atoms with Crippen LogP contribution in [0, 0.1) is 15.0 Å². The third kappa shape index (κ3) is 1.61. The molecule has 4 heteroatoms. The van der Waals surface area contributed by atoms with Gasteiger partial charge in [-0.05, 0) is 28.7 Å². The molecule has 0 radical (unpaired) electrons. The van der Waals surface area contributed by atoms with Crippen LogP contribution in [0.2, 0.25) is 0 Å². The zero-order valence-corrected chi connectivity index (χ0v) is 6.53. The molecule has 9 heavy (non-hydrogen) atoms. The summed E-state index contributed by atoms with van der Waals surface area (Å²) < 4.78 is 0.742. The lowest BCUT2D eigenvalue weighted by molar-refractivity contribution is 0.996. The summed E-state index contributed by atoms with van der Waals surface area (Å²) in [6.07, 6.45) is 1.43. The minimum Gasteiger partial charge on any atom is -0.192 e. The maximum atomic E-state index is 8.34. The summed E-state index contributed by atoms with van der Waals surface area (Å²) in [5.74, 6) is 0. The normalized spacial score (nSPS) is 8.44. The Morgan fingerprint density at radius 2 is 2.44 bits per heavy atom. The fraction of sp³-hybridized carbons (Fsp3) is 0. The zero-order chi connectivity index (χ0) is 6.69. The van der Waals surface area contributed by atoms with Crippen molar-refractivity contribution in [2.24, 2.45) is 0 Å². The van der Waals surface area contributed by atoms with Crippen molar-refractivity contribution >= 4 is 22.6 Å². The van der Waals surface area contributed by atoms with Crippen LogP contribution in [-0.4, -0.2) is 10.2 Å². The first-order valence-electron chi connectivity index (χ1n) is 2.21. The van der Waals surface area contributed by atoms with Gasteiger partial charge in [0.1, 0.15) is 9.77 Å². The molecule has 0 aromatic carbocycles. The first kappa shape index (κ1) is 6.42. The molecule has 1 aromatic heterocycles. The largest absolute Gasteiger partial charge is 0.192 e. The number of hydrogen-bond donors (Lipinski definition) is 0. The van der Waals surface area contributed by atoms with E-state index in [0.29, 0.717) is 5.56 Å². The van der Waals surface area contributed by atoms with E-state index in [0.717, 1.165) is 3.70 Å². The molecule has 1 heterocycles. The molecule has 0 aliphatic heterocycles. The van der Waals surface area contributed by atoms with E-state index in [2.05, 4.69) is 10.2 Å². The van der Waals surface area contributed by atoms with E-state index in [4.69, 9.17) is 5.26 Å². The van der Waals surface area contributed by atoms with Crippen molar-refractivity contribution in [3.05, 3.63) is 21.5 Å². The van der Waals surface area contributed by atoms with Crippen LogP contribution in [0.25, 0.3) is 0 Å². The summed E-state index contributed by atoms with van der Waals surface area (Å²) in [5, 5.41) is 15.6. The Morgan fingerprint density at radius 1 is 1.67 bits per heavy atom. The van der Waals surface area contributed by atoms with Gasteiger partial charge < -0.3 is 0 Å². The van der Waals surface area contributed by atoms with E-state index in [1.165, 1.54) is 6.20 Å². The minimum atomic E-state index is 0.550. The van der Waals surface area contributed by atoms with Crippen molar-refractivity contribution < 1.29 is 0 Å². The third-order valence-electron chi connectivity index (χ3n) is 0.754. The number of hydrogen-bond acceptors (Lipinski definition) is 3. The predicted molar refractivity (Wildman–Crippen MR) is 39.5 cm³/mol. The van der Waals surface area contributed by atoms with Gasteiger partial charge in [-0.15, -0.1) is 5.10 Å². The van der Waals surface area contributed by atoms with E-state index in [-0.39, 0.29) is 0 Å². The van der Waals surface area contributed by atoms with Gasteiger partial charge in [-0.3, -0.25) is 0 Å². The van der Waals surface area contributed by atoms with Crippen molar-refractivity contribution in [3.63, 3.8) is 0 Å². The summed E-state index contributed by atoms with van der Waals surface area (Å²) in [4.78, 5) is 0. The molecule has 0 aliphatic carbocycles. The SMILES string of the molecule is N#Cc1cnnc(I)c1. The predicted octanol–water partition coefficient (Wildman–Crippen LogP) is 0.953. The van der Waals surface area contributed by atoms with Crippen LogP contribution in [0.4, 0.5) is 0 Å². The molecule has 0 spiro atoms. The molecule has 1 aromatic rings. The summed E-state index contributed by atoms with van der Waals surface area (Å²) in [6, 6.07) is 3.63. The molecule has 0 amide bonds. The lowest BCUT2D eigenvalue weighted by Crippen LogP contribution is -1.85. The second kappa shape index (κ2) is 2.73. The first-order chi connectivity index (χ1) is 4.33. The zero-order valence-electron chi connectivity index (χ0n) is 4.37. The molecule has 0 N–H and O–H groups in total. The van der Waals surface area contributed by atoms with E-state index in [1.807, 2.05) is 28.7 Å². The quantitative estimate of drug-likeness (QED) is 0.624. The Bertz CT molecular complexity index is 253. The van der Waals surface area contributed by atoms with Crippen molar-refractivity contribution in [2.45, 2.75) is 0 Å². The maximum absolute atomic E-state index is 8.34. The molecule has 3 nitrogen and oxygen atoms in total. The highest BCUT2D eigenvalue weighted by Crippen LogP contribution is 1.99. The van der Waals surface area contributed by atoms with Crippen molar-refractivity contribution in [3.8, 4) is 6.07 Å². The van der Waals surface area contributed by atoms with E-state index >= 15 is 0 Å². The Kier molecular flexibility index (Phi) is 1.95. The lowest BCUT2D eigenvalue weighted by atomic mass is 10.4. The van der Waals surface area contributed by atoms with Crippen molar-refractivity contribution in [1.82, 2.24) is 10.2 Å². The fourth-order valence-electron chi connectivity index (χ4n) is 0.402. The first-order valence-corrected chi connectivity index (χ1v) is 3.29. The summed E-state index contributed by atoms with van der Waals surface area (Å²) in [5.41, 5.74) is 0.550. The molecule has 0 atom stereocenters. The molecule has 0 fully saturated rings. The van der Waals surface area contributed by atoms with Gasteiger partial charge in [0.05, 0.1) is 11.8 Å². The van der Waals surface area contributed by atoms with E-state index in [1.54, 1.807) is 6.07 Å². The summed E-state index contributed by atoms with van der Waals surface area (Å²) >= 11 is 2.00. The third-order valence-corrected chi connectivity index (χ3v) is 1.28. The summed E-state index contributed by atoms with van der Waals surface area (Å²) in [7, 11) is 0. The Morgan fingerprint density at radius 3 is 2.89 bits per heavy atom. The number of aromatic nitrogens is 2.